The molecule has 2 heterocycles. The summed E-state index contributed by atoms with van der Waals surface area (Å²) in [7, 11) is 0. The van der Waals surface area contributed by atoms with Crippen LogP contribution in [0.1, 0.15) is 54.8 Å². The van der Waals surface area contributed by atoms with Crippen LogP contribution in [-0.4, -0.2) is 28.0 Å². The first-order valence-electron chi connectivity index (χ1n) is 10.5. The summed E-state index contributed by atoms with van der Waals surface area (Å²) in [5.41, 5.74) is 9.66. The third kappa shape index (κ3) is 3.65. The molecule has 0 fully saturated rings. The van der Waals surface area contributed by atoms with Gasteiger partial charge in [-0.15, -0.1) is 0 Å². The van der Waals surface area contributed by atoms with Crippen LogP contribution in [0.2, 0.25) is 0 Å². The molecule has 0 unspecified atom stereocenters. The number of aromatic nitrogens is 1. The summed E-state index contributed by atoms with van der Waals surface area (Å²) in [5.74, 6) is 0.847. The average Bonchev–Trinajstić information content (AvgIpc) is 3.18. The fourth-order valence-electron chi connectivity index (χ4n) is 4.02. The van der Waals surface area contributed by atoms with Gasteiger partial charge in [-0.25, -0.2) is 0 Å². The predicted octanol–water partition coefficient (Wildman–Crippen LogP) is 4.11. The van der Waals surface area contributed by atoms with E-state index in [0.717, 1.165) is 28.1 Å². The van der Waals surface area contributed by atoms with E-state index in [1.165, 1.54) is 0 Å². The van der Waals surface area contributed by atoms with Gasteiger partial charge in [0, 0.05) is 18.5 Å². The van der Waals surface area contributed by atoms with E-state index in [0.29, 0.717) is 19.5 Å². The Bertz CT molecular complexity index is 970. The third-order valence-corrected chi connectivity index (χ3v) is 6.34. The Morgan fingerprint density at radius 1 is 1.07 bits per heavy atom. The maximum absolute atomic E-state index is 13.2. The lowest BCUT2D eigenvalue weighted by Crippen LogP contribution is -2.57. The number of carbonyl (C=O) groups is 1. The van der Waals surface area contributed by atoms with Crippen molar-refractivity contribution in [3.63, 3.8) is 0 Å². The lowest BCUT2D eigenvalue weighted by Gasteiger charge is -2.36. The Labute approximate surface area is 177 Å². The van der Waals surface area contributed by atoms with E-state index in [-0.39, 0.29) is 17.7 Å². The first-order valence-corrected chi connectivity index (χ1v) is 10.5. The summed E-state index contributed by atoms with van der Waals surface area (Å²) in [6.45, 7) is 6.86. The molecule has 2 N–H and O–H groups in total. The average molecular weight is 404 g/mol. The van der Waals surface area contributed by atoms with Gasteiger partial charge < -0.3 is 15.2 Å². The van der Waals surface area contributed by atoms with Crippen molar-refractivity contribution >= 4 is 5.91 Å². The largest absolute Gasteiger partial charge is 0.361 e. The zero-order valence-corrected chi connectivity index (χ0v) is 17.8. The van der Waals surface area contributed by atoms with Crippen molar-refractivity contribution in [2.24, 2.45) is 11.7 Å². The summed E-state index contributed by atoms with van der Waals surface area (Å²) in [4.78, 5) is 15.0. The molecule has 0 spiro atoms. The first kappa shape index (κ1) is 20.4. The van der Waals surface area contributed by atoms with E-state index in [9.17, 15) is 4.79 Å². The smallest absolute Gasteiger partial charge is 0.242 e. The van der Waals surface area contributed by atoms with Crippen LogP contribution in [0, 0.1) is 5.92 Å². The molecule has 1 atom stereocenters. The number of rotatable bonds is 5. The lowest BCUT2D eigenvalue weighted by atomic mass is 9.84. The lowest BCUT2D eigenvalue weighted by molar-refractivity contribution is -0.139. The zero-order valence-electron chi connectivity index (χ0n) is 17.8. The highest BCUT2D eigenvalue weighted by molar-refractivity contribution is 5.86. The van der Waals surface area contributed by atoms with Gasteiger partial charge in [0.1, 0.15) is 11.5 Å². The van der Waals surface area contributed by atoms with E-state index in [2.05, 4.69) is 29.4 Å². The second-order valence-corrected chi connectivity index (χ2v) is 8.64. The number of fused-ring (bicyclic) bond motifs is 1. The van der Waals surface area contributed by atoms with E-state index in [1.54, 1.807) is 0 Å². The van der Waals surface area contributed by atoms with Crippen LogP contribution in [0.3, 0.4) is 0 Å². The van der Waals surface area contributed by atoms with E-state index >= 15 is 0 Å². The first-order chi connectivity index (χ1) is 14.4. The normalized spacial score (nSPS) is 15.9. The Morgan fingerprint density at radius 3 is 2.17 bits per heavy atom. The molecule has 1 amide bonds. The summed E-state index contributed by atoms with van der Waals surface area (Å²) in [6, 6.07) is 20.6. The molecular formula is C25H29N3O2. The molecule has 30 heavy (non-hydrogen) atoms. The van der Waals surface area contributed by atoms with Crippen LogP contribution in [0.5, 0.6) is 0 Å². The molecule has 1 aromatic heterocycles. The van der Waals surface area contributed by atoms with Crippen LogP contribution < -0.4 is 5.73 Å². The van der Waals surface area contributed by atoms with E-state index < -0.39 is 5.54 Å². The van der Waals surface area contributed by atoms with Crippen molar-refractivity contribution in [3.05, 3.63) is 88.8 Å². The summed E-state index contributed by atoms with van der Waals surface area (Å²) < 4.78 is 5.75. The van der Waals surface area contributed by atoms with Crippen molar-refractivity contribution in [1.82, 2.24) is 10.1 Å². The van der Waals surface area contributed by atoms with Crippen molar-refractivity contribution < 1.29 is 9.32 Å². The fraction of sp³-hybridized carbons (Fsp3) is 0.360. The van der Waals surface area contributed by atoms with Gasteiger partial charge in [-0.05, 0) is 24.0 Å². The molecule has 1 aliphatic heterocycles. The summed E-state index contributed by atoms with van der Waals surface area (Å²) >= 11 is 0. The van der Waals surface area contributed by atoms with Crippen molar-refractivity contribution in [2.75, 3.05) is 6.54 Å². The van der Waals surface area contributed by atoms with Gasteiger partial charge in [0.2, 0.25) is 5.91 Å². The van der Waals surface area contributed by atoms with E-state index in [4.69, 9.17) is 10.3 Å². The number of benzene rings is 2. The van der Waals surface area contributed by atoms with Gasteiger partial charge in [0.15, 0.2) is 0 Å². The molecule has 0 radical (unpaired) electrons. The van der Waals surface area contributed by atoms with Gasteiger partial charge >= 0.3 is 0 Å². The molecule has 4 rings (SSSR count). The number of nitrogens with two attached hydrogens (primary N) is 1. The van der Waals surface area contributed by atoms with E-state index in [1.807, 2.05) is 62.1 Å². The molecular weight excluding hydrogens is 374 g/mol. The Morgan fingerprint density at radius 2 is 1.63 bits per heavy atom. The highest BCUT2D eigenvalue weighted by Crippen LogP contribution is 2.36. The molecule has 1 aliphatic rings. The molecule has 5 heteroatoms. The Balaban J connectivity index is 1.73. The maximum atomic E-state index is 13.2. The van der Waals surface area contributed by atoms with Crippen molar-refractivity contribution in [2.45, 2.75) is 45.2 Å². The minimum absolute atomic E-state index is 0.0220. The second kappa shape index (κ2) is 8.07. The number of carbonyl (C=O) groups excluding carboxylic acids is 1. The van der Waals surface area contributed by atoms with Gasteiger partial charge in [-0.1, -0.05) is 79.7 Å². The highest BCUT2D eigenvalue weighted by atomic mass is 16.5. The predicted molar refractivity (Wildman–Crippen MR) is 117 cm³/mol. The minimum atomic E-state index is -0.896. The van der Waals surface area contributed by atoms with Crippen molar-refractivity contribution in [3.8, 4) is 0 Å². The van der Waals surface area contributed by atoms with Gasteiger partial charge in [0.05, 0.1) is 18.0 Å². The standard InChI is InChI=1S/C25H29N3O2/c1-17(2)25(3,26)24(29)28-15-14-21-20(16-28)23(27-30-21)22(18-10-6-4-7-11-18)19-12-8-5-9-13-19/h4-13,17,22H,14-16,26H2,1-3H3/t25-/m0/s1. The topological polar surface area (TPSA) is 72.4 Å². The molecule has 2 aromatic carbocycles. The quantitative estimate of drug-likeness (QED) is 0.696. The van der Waals surface area contributed by atoms with Gasteiger partial charge in [-0.3, -0.25) is 4.79 Å². The molecule has 0 saturated carbocycles. The molecule has 0 aliphatic carbocycles. The third-order valence-electron chi connectivity index (χ3n) is 6.34. The molecule has 3 aromatic rings. The fourth-order valence-corrected chi connectivity index (χ4v) is 4.02. The van der Waals surface area contributed by atoms with Crippen LogP contribution in [0.15, 0.2) is 65.2 Å². The summed E-state index contributed by atoms with van der Waals surface area (Å²) in [6.07, 6.45) is 0.651. The molecule has 0 saturated heterocycles. The number of nitrogens with zero attached hydrogens (tertiary/aromatic N) is 2. The van der Waals surface area contributed by atoms with Gasteiger partial charge in [0.25, 0.3) is 0 Å². The highest BCUT2D eigenvalue weighted by Gasteiger charge is 2.39. The van der Waals surface area contributed by atoms with Crippen LogP contribution in [-0.2, 0) is 17.8 Å². The molecule has 5 nitrogen and oxygen atoms in total. The van der Waals surface area contributed by atoms with Crippen LogP contribution in [0.25, 0.3) is 0 Å². The SMILES string of the molecule is CC(C)[C@](C)(N)C(=O)N1CCc2onc(C(c3ccccc3)c3ccccc3)c2C1. The second-order valence-electron chi connectivity index (χ2n) is 8.64. The maximum Gasteiger partial charge on any atom is 0.242 e. The zero-order chi connectivity index (χ0) is 21.3. The van der Waals surface area contributed by atoms with Gasteiger partial charge in [-0.2, -0.15) is 0 Å². The summed E-state index contributed by atoms with van der Waals surface area (Å²) in [5, 5.41) is 4.50. The number of amides is 1. The minimum Gasteiger partial charge on any atom is -0.361 e. The van der Waals surface area contributed by atoms with Crippen LogP contribution in [0.4, 0.5) is 0 Å². The monoisotopic (exact) mass is 403 g/mol. The van der Waals surface area contributed by atoms with Crippen molar-refractivity contribution in [1.29, 1.82) is 0 Å². The Hall–Kier alpha value is -2.92. The Kier molecular flexibility index (Phi) is 5.48. The molecule has 0 bridgehead atoms. The number of hydrogen-bond acceptors (Lipinski definition) is 4. The molecule has 156 valence electrons. The van der Waals surface area contributed by atoms with Crippen LogP contribution >= 0.6 is 0 Å². The number of hydrogen-bond donors (Lipinski definition) is 1.